The second-order valence-electron chi connectivity index (χ2n) is 5.84. The lowest BCUT2D eigenvalue weighted by molar-refractivity contribution is 0.538. The van der Waals surface area contributed by atoms with E-state index in [4.69, 9.17) is 17.2 Å². The maximum atomic E-state index is 11.0. The summed E-state index contributed by atoms with van der Waals surface area (Å²) in [6.45, 7) is 3.67. The molecule has 0 bridgehead atoms. The predicted octanol–water partition coefficient (Wildman–Crippen LogP) is 1.19. The van der Waals surface area contributed by atoms with Gasteiger partial charge in [0.05, 0.1) is 11.1 Å². The molecule has 5 nitrogen and oxygen atoms in total. The van der Waals surface area contributed by atoms with Gasteiger partial charge < -0.3 is 17.2 Å². The Kier molecular flexibility index (Phi) is 5.54. The Morgan fingerprint density at radius 1 is 1.13 bits per heavy atom. The Bertz CT molecular complexity index is 734. The molecule has 0 aromatic heterocycles. The summed E-state index contributed by atoms with van der Waals surface area (Å²) in [6, 6.07) is 14.5. The molecule has 6 N–H and O–H groups in total. The molecule has 2 aromatic carbocycles. The van der Waals surface area contributed by atoms with Gasteiger partial charge in [0, 0.05) is 12.0 Å². The average Bonchev–Trinajstić information content (AvgIpc) is 2.55. The Hall–Kier alpha value is -1.73. The van der Waals surface area contributed by atoms with Crippen LogP contribution in [0.15, 0.2) is 53.4 Å². The molecule has 0 heterocycles. The van der Waals surface area contributed by atoms with Crippen LogP contribution in [0.2, 0.25) is 0 Å². The van der Waals surface area contributed by atoms with Crippen LogP contribution in [0.4, 0.5) is 0 Å². The summed E-state index contributed by atoms with van der Waals surface area (Å²) in [6.07, 6.45) is 0.104. The molecule has 0 saturated carbocycles. The standard InChI is InChI=1S/C17H22N3O2S/c1-17(11-18,14-4-2-3-13(9-14)16(19)20)10-12-5-7-15(8-6-12)23(21)22/h2-9,11,16,23H,10,18-20H2,1H3. The number of hydrogen-bond donors (Lipinski definition) is 4. The van der Waals surface area contributed by atoms with Gasteiger partial charge in [-0.05, 0) is 35.2 Å². The van der Waals surface area contributed by atoms with Crippen molar-refractivity contribution in [2.75, 3.05) is 0 Å². The lowest BCUT2D eigenvalue weighted by Crippen LogP contribution is -2.30. The van der Waals surface area contributed by atoms with Crippen LogP contribution < -0.4 is 17.2 Å². The summed E-state index contributed by atoms with van der Waals surface area (Å²) in [5.74, 6) is 0. The highest BCUT2D eigenvalue weighted by Crippen LogP contribution is 2.30. The first-order chi connectivity index (χ1) is 10.9. The van der Waals surface area contributed by atoms with E-state index in [1.807, 2.05) is 31.2 Å². The van der Waals surface area contributed by atoms with Crippen LogP contribution in [0, 0.1) is 6.54 Å². The van der Waals surface area contributed by atoms with Gasteiger partial charge in [-0.2, -0.15) is 0 Å². The van der Waals surface area contributed by atoms with Gasteiger partial charge in [0.2, 0.25) is 0 Å². The molecular weight excluding hydrogens is 310 g/mol. The number of hydrogen-bond acceptors (Lipinski definition) is 5. The van der Waals surface area contributed by atoms with E-state index < -0.39 is 22.3 Å². The molecule has 0 aliphatic carbocycles. The maximum absolute atomic E-state index is 11.0. The van der Waals surface area contributed by atoms with Crippen LogP contribution in [-0.4, -0.2) is 8.42 Å². The fraction of sp³-hybridized carbons (Fsp3) is 0.235. The molecule has 2 rings (SSSR count). The Morgan fingerprint density at radius 3 is 2.30 bits per heavy atom. The van der Waals surface area contributed by atoms with Gasteiger partial charge in [-0.1, -0.05) is 43.3 Å². The fourth-order valence-corrected chi connectivity index (χ4v) is 2.91. The first-order valence-corrected chi connectivity index (χ1v) is 8.44. The second-order valence-corrected chi connectivity index (χ2v) is 6.87. The normalized spacial score (nSPS) is 14.2. The van der Waals surface area contributed by atoms with Crippen molar-refractivity contribution >= 4 is 10.7 Å². The van der Waals surface area contributed by atoms with Crippen molar-refractivity contribution in [1.29, 1.82) is 0 Å². The first-order valence-electron chi connectivity index (χ1n) is 7.27. The van der Waals surface area contributed by atoms with E-state index >= 15 is 0 Å². The molecule has 123 valence electrons. The first kappa shape index (κ1) is 17.6. The maximum Gasteiger partial charge on any atom is 0.168 e. The smallest absolute Gasteiger partial charge is 0.168 e. The van der Waals surface area contributed by atoms with Crippen LogP contribution in [0.1, 0.15) is 29.8 Å². The molecule has 0 saturated heterocycles. The van der Waals surface area contributed by atoms with Gasteiger partial charge in [0.1, 0.15) is 0 Å². The minimum Gasteiger partial charge on any atom is -0.326 e. The lowest BCUT2D eigenvalue weighted by Gasteiger charge is -2.29. The SMILES string of the molecule is CC([CH]N)(Cc1ccc([SH](=O)=O)cc1)c1cccc(C(N)N)c1. The van der Waals surface area contributed by atoms with Crippen molar-refractivity contribution in [3.63, 3.8) is 0 Å². The summed E-state index contributed by atoms with van der Waals surface area (Å²) in [4.78, 5) is 0.304. The van der Waals surface area contributed by atoms with Crippen LogP contribution in [-0.2, 0) is 22.5 Å². The molecule has 1 unspecified atom stereocenters. The molecule has 1 radical (unpaired) electrons. The molecular formula is C17H22N3O2S. The monoisotopic (exact) mass is 332 g/mol. The zero-order chi connectivity index (χ0) is 17.0. The van der Waals surface area contributed by atoms with Crippen molar-refractivity contribution in [3.05, 3.63) is 71.8 Å². The van der Waals surface area contributed by atoms with Crippen LogP contribution in [0.3, 0.4) is 0 Å². The topological polar surface area (TPSA) is 112 Å². The minimum atomic E-state index is -2.56. The Morgan fingerprint density at radius 2 is 1.78 bits per heavy atom. The Balaban J connectivity index is 2.31. The molecule has 2 aromatic rings. The molecule has 0 aliphatic heterocycles. The largest absolute Gasteiger partial charge is 0.326 e. The number of benzene rings is 2. The Labute approximate surface area is 138 Å². The number of thiol groups is 1. The second kappa shape index (κ2) is 7.23. The summed E-state index contributed by atoms with van der Waals surface area (Å²) in [5, 5.41) is 0. The predicted molar refractivity (Wildman–Crippen MR) is 92.1 cm³/mol. The molecule has 6 heteroatoms. The van der Waals surface area contributed by atoms with E-state index in [9.17, 15) is 8.42 Å². The summed E-state index contributed by atoms with van der Waals surface area (Å²) >= 11 is 0. The summed E-state index contributed by atoms with van der Waals surface area (Å²) in [5.41, 5.74) is 19.8. The lowest BCUT2D eigenvalue weighted by atomic mass is 9.77. The third-order valence-electron chi connectivity index (χ3n) is 4.02. The van der Waals surface area contributed by atoms with Crippen LogP contribution in [0.25, 0.3) is 0 Å². The van der Waals surface area contributed by atoms with E-state index in [0.717, 1.165) is 16.7 Å². The van der Waals surface area contributed by atoms with E-state index in [-0.39, 0.29) is 0 Å². The highest BCUT2D eigenvalue weighted by molar-refractivity contribution is 7.72. The van der Waals surface area contributed by atoms with Gasteiger partial charge in [0.15, 0.2) is 10.7 Å². The summed E-state index contributed by atoms with van der Waals surface area (Å²) in [7, 11) is -2.56. The molecule has 0 amide bonds. The van der Waals surface area contributed by atoms with Crippen molar-refractivity contribution < 1.29 is 8.42 Å². The highest BCUT2D eigenvalue weighted by Gasteiger charge is 2.26. The van der Waals surface area contributed by atoms with Crippen molar-refractivity contribution in [1.82, 2.24) is 0 Å². The van der Waals surface area contributed by atoms with Crippen LogP contribution >= 0.6 is 0 Å². The van der Waals surface area contributed by atoms with E-state index in [2.05, 4.69) is 0 Å². The number of nitrogens with two attached hydrogens (primary N) is 3. The fourth-order valence-electron chi connectivity index (χ4n) is 2.52. The zero-order valence-electron chi connectivity index (χ0n) is 13.0. The molecule has 0 fully saturated rings. The summed E-state index contributed by atoms with van der Waals surface area (Å²) < 4.78 is 21.9. The average molecular weight is 332 g/mol. The third kappa shape index (κ3) is 4.17. The van der Waals surface area contributed by atoms with E-state index in [0.29, 0.717) is 11.3 Å². The molecule has 1 atom stereocenters. The highest BCUT2D eigenvalue weighted by atomic mass is 32.2. The quantitative estimate of drug-likeness (QED) is 0.469. The van der Waals surface area contributed by atoms with Gasteiger partial charge in [0.25, 0.3) is 0 Å². The molecule has 0 aliphatic rings. The van der Waals surface area contributed by atoms with E-state index in [1.54, 1.807) is 30.8 Å². The van der Waals surface area contributed by atoms with Crippen molar-refractivity contribution in [2.45, 2.75) is 29.8 Å². The van der Waals surface area contributed by atoms with Crippen molar-refractivity contribution in [3.8, 4) is 0 Å². The molecule has 23 heavy (non-hydrogen) atoms. The third-order valence-corrected chi connectivity index (χ3v) is 4.74. The van der Waals surface area contributed by atoms with Crippen LogP contribution in [0.5, 0.6) is 0 Å². The number of rotatable bonds is 6. The van der Waals surface area contributed by atoms with Gasteiger partial charge in [-0.15, -0.1) is 0 Å². The van der Waals surface area contributed by atoms with Crippen molar-refractivity contribution in [2.24, 2.45) is 17.2 Å². The zero-order valence-corrected chi connectivity index (χ0v) is 13.9. The van der Waals surface area contributed by atoms with Gasteiger partial charge >= 0.3 is 0 Å². The molecule has 0 spiro atoms. The van der Waals surface area contributed by atoms with Gasteiger partial charge in [-0.3, -0.25) is 0 Å². The van der Waals surface area contributed by atoms with Gasteiger partial charge in [-0.25, -0.2) is 8.42 Å². The minimum absolute atomic E-state index is 0.304. The van der Waals surface area contributed by atoms with E-state index in [1.165, 1.54) is 0 Å².